The van der Waals surface area contributed by atoms with Crippen molar-refractivity contribution in [1.29, 1.82) is 0 Å². The lowest BCUT2D eigenvalue weighted by Gasteiger charge is -2.36. The summed E-state index contributed by atoms with van der Waals surface area (Å²) in [6.45, 7) is 2.19. The van der Waals surface area contributed by atoms with E-state index in [4.69, 9.17) is 14.2 Å². The molecule has 0 heterocycles. The summed E-state index contributed by atoms with van der Waals surface area (Å²) in [7, 11) is 4.64. The molecule has 162 valence electrons. The van der Waals surface area contributed by atoms with Gasteiger partial charge in [-0.15, -0.1) is 0 Å². The Kier molecular flexibility index (Phi) is 11.7. The van der Waals surface area contributed by atoms with Crippen molar-refractivity contribution in [3.8, 4) is 0 Å². The van der Waals surface area contributed by atoms with E-state index in [1.165, 1.54) is 25.7 Å². The van der Waals surface area contributed by atoms with Crippen LogP contribution in [0.5, 0.6) is 0 Å². The number of halogens is 3. The maximum atomic E-state index is 13.4. The Hall–Kier alpha value is -1.11. The molecule has 3 nitrogen and oxygen atoms in total. The first-order valence-corrected chi connectivity index (χ1v) is 10.2. The highest BCUT2D eigenvalue weighted by Crippen LogP contribution is 2.33. The monoisotopic (exact) mass is 404 g/mol. The summed E-state index contributed by atoms with van der Waals surface area (Å²) in [5.74, 6) is -4.89. The fourth-order valence-electron chi connectivity index (χ4n) is 3.72. The molecular weight excluding hydrogens is 369 g/mol. The molecule has 0 N–H and O–H groups in total. The van der Waals surface area contributed by atoms with Gasteiger partial charge in [0.2, 0.25) is 0 Å². The highest BCUT2D eigenvalue weighted by Gasteiger charge is 2.39. The predicted molar refractivity (Wildman–Crippen MR) is 104 cm³/mol. The second kappa shape index (κ2) is 13.2. The SMILES string of the molecule is CCCCCCCCC(CCCc1cc(F)c(F)c(F)c1)C(OC)(OC)OC. The number of benzene rings is 1. The summed E-state index contributed by atoms with van der Waals surface area (Å²) in [4.78, 5) is 0. The topological polar surface area (TPSA) is 27.7 Å². The fraction of sp³-hybridized carbons (Fsp3) is 0.727. The zero-order chi connectivity index (χ0) is 21.0. The van der Waals surface area contributed by atoms with Gasteiger partial charge in [0.05, 0.1) is 0 Å². The second-order valence-corrected chi connectivity index (χ2v) is 7.23. The van der Waals surface area contributed by atoms with Crippen molar-refractivity contribution in [2.75, 3.05) is 21.3 Å². The Morgan fingerprint density at radius 3 is 1.82 bits per heavy atom. The molecule has 0 saturated heterocycles. The van der Waals surface area contributed by atoms with Crippen molar-refractivity contribution in [3.05, 3.63) is 35.1 Å². The van der Waals surface area contributed by atoms with Gasteiger partial charge in [0.25, 0.3) is 5.97 Å². The van der Waals surface area contributed by atoms with Gasteiger partial charge in [-0.25, -0.2) is 13.2 Å². The third-order valence-corrected chi connectivity index (χ3v) is 5.32. The van der Waals surface area contributed by atoms with E-state index in [9.17, 15) is 13.2 Å². The lowest BCUT2D eigenvalue weighted by molar-refractivity contribution is -0.380. The summed E-state index contributed by atoms with van der Waals surface area (Å²) >= 11 is 0. The van der Waals surface area contributed by atoms with Gasteiger partial charge in [-0.1, -0.05) is 45.4 Å². The van der Waals surface area contributed by atoms with Crippen LogP contribution in [0.3, 0.4) is 0 Å². The van der Waals surface area contributed by atoms with Crippen LogP contribution in [0.15, 0.2) is 12.1 Å². The van der Waals surface area contributed by atoms with Crippen LogP contribution in [0.4, 0.5) is 13.2 Å². The normalized spacial score (nSPS) is 13.1. The number of hydrogen-bond acceptors (Lipinski definition) is 3. The lowest BCUT2D eigenvalue weighted by atomic mass is 9.91. The Labute approximate surface area is 167 Å². The van der Waals surface area contributed by atoms with Gasteiger partial charge in [-0.3, -0.25) is 0 Å². The van der Waals surface area contributed by atoms with Crippen LogP contribution in [0, 0.1) is 23.4 Å². The third kappa shape index (κ3) is 7.37. The Bertz CT molecular complexity index is 531. The molecule has 0 saturated carbocycles. The van der Waals surface area contributed by atoms with Crippen molar-refractivity contribution >= 4 is 0 Å². The van der Waals surface area contributed by atoms with E-state index in [1.807, 2.05) is 0 Å². The number of aryl methyl sites for hydroxylation is 1. The molecule has 0 bridgehead atoms. The van der Waals surface area contributed by atoms with Crippen molar-refractivity contribution in [1.82, 2.24) is 0 Å². The minimum absolute atomic E-state index is 0.0196. The van der Waals surface area contributed by atoms with Crippen molar-refractivity contribution in [2.45, 2.75) is 77.1 Å². The molecular formula is C22H35F3O3. The van der Waals surface area contributed by atoms with Crippen LogP contribution >= 0.6 is 0 Å². The van der Waals surface area contributed by atoms with E-state index in [1.54, 1.807) is 21.3 Å². The average molecular weight is 405 g/mol. The predicted octanol–water partition coefficient (Wildman–Crippen LogP) is 6.39. The molecule has 0 radical (unpaired) electrons. The largest absolute Gasteiger partial charge is 0.331 e. The highest BCUT2D eigenvalue weighted by molar-refractivity contribution is 5.19. The summed E-state index contributed by atoms with van der Waals surface area (Å²) in [5.41, 5.74) is 0.438. The molecule has 0 fully saturated rings. The van der Waals surface area contributed by atoms with E-state index in [-0.39, 0.29) is 5.92 Å². The molecule has 0 aliphatic rings. The van der Waals surface area contributed by atoms with Gasteiger partial charge in [0, 0.05) is 27.2 Å². The van der Waals surface area contributed by atoms with Gasteiger partial charge >= 0.3 is 0 Å². The number of unbranched alkanes of at least 4 members (excludes halogenated alkanes) is 5. The van der Waals surface area contributed by atoms with Gasteiger partial charge in [0.1, 0.15) is 0 Å². The molecule has 0 spiro atoms. The summed E-state index contributed by atoms with van der Waals surface area (Å²) in [6, 6.07) is 2.11. The fourth-order valence-corrected chi connectivity index (χ4v) is 3.72. The number of rotatable bonds is 15. The van der Waals surface area contributed by atoms with Gasteiger partial charge in [-0.05, 0) is 43.4 Å². The van der Waals surface area contributed by atoms with Crippen molar-refractivity contribution in [2.24, 2.45) is 5.92 Å². The number of hydrogen-bond donors (Lipinski definition) is 0. The minimum Gasteiger partial charge on any atom is -0.331 e. The first kappa shape index (κ1) is 24.9. The molecule has 1 aromatic rings. The van der Waals surface area contributed by atoms with E-state index in [0.717, 1.165) is 31.4 Å². The van der Waals surface area contributed by atoms with Gasteiger partial charge in [0.15, 0.2) is 17.5 Å². The van der Waals surface area contributed by atoms with Crippen LogP contribution in [0.2, 0.25) is 0 Å². The molecule has 1 unspecified atom stereocenters. The Morgan fingerprint density at radius 1 is 0.786 bits per heavy atom. The lowest BCUT2D eigenvalue weighted by Crippen LogP contribution is -2.44. The first-order chi connectivity index (χ1) is 13.4. The molecule has 28 heavy (non-hydrogen) atoms. The maximum Gasteiger partial charge on any atom is 0.285 e. The molecule has 1 aromatic carbocycles. The van der Waals surface area contributed by atoms with Crippen LogP contribution in [0.25, 0.3) is 0 Å². The standard InChI is InChI=1S/C22H35F3O3/c1-5-6-7-8-9-10-13-18(22(26-2,27-3)28-4)14-11-12-17-15-19(23)21(25)20(24)16-17/h15-16,18H,5-14H2,1-4H3. The summed E-state index contributed by atoms with van der Waals surface area (Å²) < 4.78 is 56.5. The van der Waals surface area contributed by atoms with E-state index < -0.39 is 23.4 Å². The van der Waals surface area contributed by atoms with Crippen LogP contribution < -0.4 is 0 Å². The zero-order valence-corrected chi connectivity index (χ0v) is 17.7. The Balaban J connectivity index is 2.66. The van der Waals surface area contributed by atoms with Gasteiger partial charge < -0.3 is 14.2 Å². The second-order valence-electron chi connectivity index (χ2n) is 7.23. The highest BCUT2D eigenvalue weighted by atomic mass is 19.2. The summed E-state index contributed by atoms with van der Waals surface area (Å²) in [6.07, 6.45) is 9.75. The maximum absolute atomic E-state index is 13.4. The van der Waals surface area contributed by atoms with Crippen molar-refractivity contribution in [3.63, 3.8) is 0 Å². The smallest absolute Gasteiger partial charge is 0.285 e. The van der Waals surface area contributed by atoms with E-state index >= 15 is 0 Å². The van der Waals surface area contributed by atoms with Crippen LogP contribution in [-0.2, 0) is 20.6 Å². The molecule has 0 amide bonds. The minimum atomic E-state index is -1.43. The molecule has 1 atom stereocenters. The number of methoxy groups -OCH3 is 3. The first-order valence-electron chi connectivity index (χ1n) is 10.2. The average Bonchev–Trinajstić information content (AvgIpc) is 2.69. The molecule has 0 aromatic heterocycles. The third-order valence-electron chi connectivity index (χ3n) is 5.32. The van der Waals surface area contributed by atoms with Crippen LogP contribution in [-0.4, -0.2) is 27.3 Å². The molecule has 1 rings (SSSR count). The van der Waals surface area contributed by atoms with Crippen molar-refractivity contribution < 1.29 is 27.4 Å². The van der Waals surface area contributed by atoms with E-state index in [0.29, 0.717) is 24.8 Å². The van der Waals surface area contributed by atoms with Crippen LogP contribution in [0.1, 0.15) is 70.3 Å². The summed E-state index contributed by atoms with van der Waals surface area (Å²) in [5, 5.41) is 0. The zero-order valence-electron chi connectivity index (χ0n) is 17.7. The number of ether oxygens (including phenoxy) is 3. The quantitative estimate of drug-likeness (QED) is 0.193. The molecule has 0 aliphatic carbocycles. The van der Waals surface area contributed by atoms with E-state index in [2.05, 4.69) is 6.92 Å². The molecule has 0 aliphatic heterocycles. The molecule has 6 heteroatoms. The Morgan fingerprint density at radius 2 is 1.29 bits per heavy atom. The van der Waals surface area contributed by atoms with Gasteiger partial charge in [-0.2, -0.15) is 0 Å².